The first-order valence-corrected chi connectivity index (χ1v) is 8.88. The van der Waals surface area contributed by atoms with Crippen molar-refractivity contribution in [1.82, 2.24) is 24.6 Å². The number of rotatable bonds is 5. The van der Waals surface area contributed by atoms with Gasteiger partial charge in [-0.25, -0.2) is 9.67 Å². The van der Waals surface area contributed by atoms with Crippen LogP contribution in [0.1, 0.15) is 29.2 Å². The number of hydrogen-bond donors (Lipinski definition) is 0. The summed E-state index contributed by atoms with van der Waals surface area (Å²) in [7, 11) is 2.17. The Labute approximate surface area is 153 Å². The maximum atomic E-state index is 6.00. The second-order valence-electron chi connectivity index (χ2n) is 6.81. The molecule has 1 fully saturated rings. The van der Waals surface area contributed by atoms with Crippen molar-refractivity contribution in [2.24, 2.45) is 0 Å². The van der Waals surface area contributed by atoms with E-state index in [1.165, 1.54) is 11.1 Å². The number of nitrogens with zero attached hydrogens (tertiary/aromatic N) is 5. The summed E-state index contributed by atoms with van der Waals surface area (Å²) in [5.74, 6) is 0. The van der Waals surface area contributed by atoms with Crippen LogP contribution >= 0.6 is 0 Å². The molecule has 134 valence electrons. The Morgan fingerprint density at radius 3 is 2.92 bits per heavy atom. The zero-order valence-corrected chi connectivity index (χ0v) is 15.1. The van der Waals surface area contributed by atoms with Crippen LogP contribution in [0.15, 0.2) is 55.4 Å². The smallest absolute Gasteiger partial charge is 0.138 e. The van der Waals surface area contributed by atoms with E-state index in [9.17, 15) is 0 Å². The third kappa shape index (κ3) is 3.38. The van der Waals surface area contributed by atoms with Crippen molar-refractivity contribution in [3.05, 3.63) is 72.1 Å². The molecule has 4 rings (SSSR count). The third-order valence-electron chi connectivity index (χ3n) is 5.00. The van der Waals surface area contributed by atoms with Gasteiger partial charge >= 0.3 is 0 Å². The Kier molecular flexibility index (Phi) is 4.77. The van der Waals surface area contributed by atoms with Crippen LogP contribution in [-0.2, 0) is 11.3 Å². The molecule has 0 unspecified atom stereocenters. The summed E-state index contributed by atoms with van der Waals surface area (Å²) in [6.07, 6.45) is 8.11. The lowest BCUT2D eigenvalue weighted by atomic mass is 10.0. The predicted molar refractivity (Wildman–Crippen MR) is 98.9 cm³/mol. The number of aromatic nitrogens is 4. The Bertz CT molecular complexity index is 850. The zero-order valence-electron chi connectivity index (χ0n) is 15.1. The molecule has 0 saturated carbocycles. The fourth-order valence-corrected chi connectivity index (χ4v) is 3.70. The van der Waals surface area contributed by atoms with Gasteiger partial charge in [0, 0.05) is 37.2 Å². The van der Waals surface area contributed by atoms with Gasteiger partial charge in [0.15, 0.2) is 0 Å². The van der Waals surface area contributed by atoms with E-state index >= 15 is 0 Å². The van der Waals surface area contributed by atoms with Crippen LogP contribution in [0, 0.1) is 6.92 Å². The van der Waals surface area contributed by atoms with Crippen molar-refractivity contribution in [3.8, 4) is 5.69 Å². The summed E-state index contributed by atoms with van der Waals surface area (Å²) in [6, 6.07) is 10.9. The monoisotopic (exact) mass is 349 g/mol. The van der Waals surface area contributed by atoms with E-state index in [1.54, 1.807) is 23.5 Å². The SMILES string of the molecule is Cc1cc(CN(C)[C@H]2CCO[C@@H]2c2cccnc2)ccc1-n1cncn1. The molecule has 1 aliphatic rings. The average Bonchev–Trinajstić information content (AvgIpc) is 3.34. The highest BCUT2D eigenvalue weighted by atomic mass is 16.5. The number of likely N-dealkylation sites (N-methyl/N-ethyl adjacent to an activating group) is 1. The van der Waals surface area contributed by atoms with Gasteiger partial charge < -0.3 is 4.74 Å². The summed E-state index contributed by atoms with van der Waals surface area (Å²) in [5, 5.41) is 4.22. The number of hydrogen-bond acceptors (Lipinski definition) is 5. The van der Waals surface area contributed by atoms with Gasteiger partial charge in [0.25, 0.3) is 0 Å². The molecular formula is C20H23N5O. The number of pyridine rings is 1. The Hall–Kier alpha value is -2.57. The predicted octanol–water partition coefficient (Wildman–Crippen LogP) is 2.93. The van der Waals surface area contributed by atoms with Crippen LogP contribution in [0.25, 0.3) is 5.69 Å². The minimum atomic E-state index is 0.0872. The molecule has 3 heterocycles. The molecule has 6 nitrogen and oxygen atoms in total. The molecule has 1 saturated heterocycles. The highest BCUT2D eigenvalue weighted by Crippen LogP contribution is 2.32. The minimum Gasteiger partial charge on any atom is -0.372 e. The summed E-state index contributed by atoms with van der Waals surface area (Å²) in [5.41, 5.74) is 4.68. The van der Waals surface area contributed by atoms with Gasteiger partial charge in [-0.1, -0.05) is 18.2 Å². The van der Waals surface area contributed by atoms with Crippen LogP contribution in [0.5, 0.6) is 0 Å². The van der Waals surface area contributed by atoms with Gasteiger partial charge in [-0.2, -0.15) is 5.10 Å². The van der Waals surface area contributed by atoms with Gasteiger partial charge in [-0.15, -0.1) is 0 Å². The largest absolute Gasteiger partial charge is 0.372 e. The van der Waals surface area contributed by atoms with Crippen molar-refractivity contribution < 1.29 is 4.74 Å². The number of benzene rings is 1. The van der Waals surface area contributed by atoms with E-state index in [4.69, 9.17) is 4.74 Å². The maximum absolute atomic E-state index is 6.00. The maximum Gasteiger partial charge on any atom is 0.138 e. The minimum absolute atomic E-state index is 0.0872. The first kappa shape index (κ1) is 16.9. The number of ether oxygens (including phenoxy) is 1. The lowest BCUT2D eigenvalue weighted by Crippen LogP contribution is -2.33. The van der Waals surface area contributed by atoms with E-state index in [-0.39, 0.29) is 6.10 Å². The molecule has 0 bridgehead atoms. The van der Waals surface area contributed by atoms with Gasteiger partial charge in [-0.05, 0) is 43.7 Å². The van der Waals surface area contributed by atoms with Gasteiger partial charge in [-0.3, -0.25) is 9.88 Å². The van der Waals surface area contributed by atoms with Crippen LogP contribution < -0.4 is 0 Å². The Morgan fingerprint density at radius 2 is 2.19 bits per heavy atom. The van der Waals surface area contributed by atoms with E-state index in [1.807, 2.05) is 12.3 Å². The van der Waals surface area contributed by atoms with E-state index in [0.29, 0.717) is 6.04 Å². The molecule has 0 aliphatic carbocycles. The fourth-order valence-electron chi connectivity index (χ4n) is 3.70. The van der Waals surface area contributed by atoms with Gasteiger partial charge in [0.05, 0.1) is 11.8 Å². The quantitative estimate of drug-likeness (QED) is 0.709. The van der Waals surface area contributed by atoms with Crippen molar-refractivity contribution in [3.63, 3.8) is 0 Å². The Balaban J connectivity index is 1.49. The Morgan fingerprint density at radius 1 is 1.27 bits per heavy atom. The van der Waals surface area contributed by atoms with E-state index < -0.39 is 0 Å². The summed E-state index contributed by atoms with van der Waals surface area (Å²) >= 11 is 0. The molecule has 0 amide bonds. The second kappa shape index (κ2) is 7.35. The molecule has 2 atom stereocenters. The highest BCUT2D eigenvalue weighted by Gasteiger charge is 2.32. The first-order valence-electron chi connectivity index (χ1n) is 8.88. The molecule has 0 radical (unpaired) electrons. The lowest BCUT2D eigenvalue weighted by Gasteiger charge is -2.28. The van der Waals surface area contributed by atoms with Crippen LogP contribution in [-0.4, -0.2) is 44.3 Å². The average molecular weight is 349 g/mol. The van der Waals surface area contributed by atoms with Crippen molar-refractivity contribution in [2.75, 3.05) is 13.7 Å². The van der Waals surface area contributed by atoms with E-state index in [2.05, 4.69) is 58.2 Å². The van der Waals surface area contributed by atoms with Crippen molar-refractivity contribution in [1.29, 1.82) is 0 Å². The van der Waals surface area contributed by atoms with Crippen LogP contribution in [0.3, 0.4) is 0 Å². The van der Waals surface area contributed by atoms with Crippen molar-refractivity contribution >= 4 is 0 Å². The van der Waals surface area contributed by atoms with E-state index in [0.717, 1.165) is 30.8 Å². The fraction of sp³-hybridized carbons (Fsp3) is 0.350. The molecule has 1 aromatic carbocycles. The van der Waals surface area contributed by atoms with Gasteiger partial charge in [0.1, 0.15) is 12.7 Å². The molecule has 26 heavy (non-hydrogen) atoms. The topological polar surface area (TPSA) is 56.1 Å². The second-order valence-corrected chi connectivity index (χ2v) is 6.81. The summed E-state index contributed by atoms with van der Waals surface area (Å²) in [4.78, 5) is 10.6. The first-order chi connectivity index (χ1) is 12.7. The third-order valence-corrected chi connectivity index (χ3v) is 5.00. The molecule has 6 heteroatoms. The molecule has 0 spiro atoms. The normalized spacial score (nSPS) is 20.0. The standard InChI is InChI=1S/C20H23N5O/c1-15-10-16(5-6-18(15)25-14-22-13-23-25)12-24(2)19-7-9-26-20(19)17-4-3-8-21-11-17/h3-6,8,10-11,13-14,19-20H,7,9,12H2,1-2H3/t19-,20+/m0/s1. The highest BCUT2D eigenvalue weighted by molar-refractivity contribution is 5.41. The van der Waals surface area contributed by atoms with Crippen LogP contribution in [0.4, 0.5) is 0 Å². The molecule has 3 aromatic rings. The zero-order chi connectivity index (χ0) is 17.9. The summed E-state index contributed by atoms with van der Waals surface area (Å²) in [6.45, 7) is 3.78. The number of aryl methyl sites for hydroxylation is 1. The molecular weight excluding hydrogens is 326 g/mol. The summed E-state index contributed by atoms with van der Waals surface area (Å²) < 4.78 is 7.80. The van der Waals surface area contributed by atoms with Crippen LogP contribution in [0.2, 0.25) is 0 Å². The van der Waals surface area contributed by atoms with Gasteiger partial charge in [0.2, 0.25) is 0 Å². The molecule has 2 aromatic heterocycles. The molecule has 1 aliphatic heterocycles. The molecule has 0 N–H and O–H groups in total. The van der Waals surface area contributed by atoms with Crippen molar-refractivity contribution in [2.45, 2.75) is 32.0 Å². The lowest BCUT2D eigenvalue weighted by molar-refractivity contribution is 0.0670.